The molecule has 6 nitrogen and oxygen atoms in total. The Bertz CT molecular complexity index is 471. The van der Waals surface area contributed by atoms with Crippen molar-refractivity contribution in [1.82, 2.24) is 9.88 Å². The van der Waals surface area contributed by atoms with Gasteiger partial charge in [-0.1, -0.05) is 13.0 Å². The van der Waals surface area contributed by atoms with E-state index in [1.165, 1.54) is 6.20 Å². The summed E-state index contributed by atoms with van der Waals surface area (Å²) in [6.07, 6.45) is 3.85. The molecule has 0 aliphatic rings. The van der Waals surface area contributed by atoms with Crippen molar-refractivity contribution < 1.29 is 14.7 Å². The molecule has 1 rings (SSSR count). The summed E-state index contributed by atoms with van der Waals surface area (Å²) in [7, 11) is 0. The topological polar surface area (TPSA) is 82.5 Å². The van der Waals surface area contributed by atoms with Crippen molar-refractivity contribution in [2.75, 3.05) is 18.4 Å². The van der Waals surface area contributed by atoms with Gasteiger partial charge in [0.2, 0.25) is 0 Å². The molecule has 0 unspecified atom stereocenters. The molecule has 0 aromatic carbocycles. The Hall–Kier alpha value is -2.37. The molecule has 0 spiro atoms. The highest BCUT2D eigenvalue weighted by molar-refractivity contribution is 5.89. The number of nitrogens with one attached hydrogen (secondary N) is 1. The first-order valence-electron chi connectivity index (χ1n) is 6.40. The van der Waals surface area contributed by atoms with E-state index >= 15 is 0 Å². The second kappa shape index (κ2) is 7.93. The zero-order valence-corrected chi connectivity index (χ0v) is 11.5. The van der Waals surface area contributed by atoms with Crippen LogP contribution in [0, 0.1) is 0 Å². The average molecular weight is 277 g/mol. The molecule has 0 aliphatic heterocycles. The summed E-state index contributed by atoms with van der Waals surface area (Å²) in [5.41, 5.74) is 0.987. The quantitative estimate of drug-likeness (QED) is 0.748. The summed E-state index contributed by atoms with van der Waals surface area (Å²) in [5.74, 6) is -0.936. The van der Waals surface area contributed by atoms with Crippen LogP contribution in [-0.2, 0) is 11.2 Å². The van der Waals surface area contributed by atoms with E-state index in [0.717, 1.165) is 6.42 Å². The highest BCUT2D eigenvalue weighted by Crippen LogP contribution is 2.08. The van der Waals surface area contributed by atoms with Gasteiger partial charge in [0.1, 0.15) is 0 Å². The first-order valence-corrected chi connectivity index (χ1v) is 6.40. The van der Waals surface area contributed by atoms with Crippen LogP contribution in [0.15, 0.2) is 31.0 Å². The molecule has 1 aromatic heterocycles. The predicted molar refractivity (Wildman–Crippen MR) is 76.7 cm³/mol. The zero-order chi connectivity index (χ0) is 15.0. The molecular formula is C14H19N3O3. The molecule has 2 N–H and O–H groups in total. The number of carboxylic acid groups (broad SMARTS) is 1. The van der Waals surface area contributed by atoms with Crippen LogP contribution in [0.2, 0.25) is 0 Å². The van der Waals surface area contributed by atoms with Gasteiger partial charge in [-0.2, -0.15) is 0 Å². The van der Waals surface area contributed by atoms with E-state index in [4.69, 9.17) is 5.11 Å². The number of carbonyl (C=O) groups excluding carboxylic acids is 1. The van der Waals surface area contributed by atoms with Crippen molar-refractivity contribution >= 4 is 17.7 Å². The van der Waals surface area contributed by atoms with Gasteiger partial charge < -0.3 is 15.3 Å². The fourth-order valence-corrected chi connectivity index (χ4v) is 1.66. The van der Waals surface area contributed by atoms with E-state index in [2.05, 4.69) is 16.9 Å². The van der Waals surface area contributed by atoms with Gasteiger partial charge in [0.25, 0.3) is 0 Å². The number of rotatable bonds is 7. The highest BCUT2D eigenvalue weighted by atomic mass is 16.4. The number of aromatic nitrogens is 1. The number of pyridine rings is 1. The van der Waals surface area contributed by atoms with Crippen LogP contribution in [0.25, 0.3) is 0 Å². The third-order valence-corrected chi connectivity index (χ3v) is 2.54. The maximum atomic E-state index is 12.0. The lowest BCUT2D eigenvalue weighted by atomic mass is 10.2. The molecule has 6 heteroatoms. The Balaban J connectivity index is 2.64. The fourth-order valence-electron chi connectivity index (χ4n) is 1.66. The molecule has 0 radical (unpaired) electrons. The van der Waals surface area contributed by atoms with Gasteiger partial charge in [-0.05, 0) is 18.6 Å². The van der Waals surface area contributed by atoms with Crippen molar-refractivity contribution in [3.05, 3.63) is 36.7 Å². The third-order valence-electron chi connectivity index (χ3n) is 2.54. The Kier molecular flexibility index (Phi) is 6.22. The van der Waals surface area contributed by atoms with Crippen molar-refractivity contribution in [1.29, 1.82) is 0 Å². The summed E-state index contributed by atoms with van der Waals surface area (Å²) in [6, 6.07) is 3.00. The van der Waals surface area contributed by atoms with E-state index in [1.54, 1.807) is 23.1 Å². The summed E-state index contributed by atoms with van der Waals surface area (Å²) in [5, 5.41) is 11.4. The molecule has 0 fully saturated rings. The number of amides is 2. The van der Waals surface area contributed by atoms with E-state index in [1.807, 2.05) is 6.92 Å². The monoisotopic (exact) mass is 277 g/mol. The minimum atomic E-state index is -0.936. The molecule has 20 heavy (non-hydrogen) atoms. The molecule has 0 atom stereocenters. The number of anilines is 1. The van der Waals surface area contributed by atoms with Crippen LogP contribution in [0.1, 0.15) is 19.0 Å². The molecule has 108 valence electrons. The number of hydrogen-bond donors (Lipinski definition) is 2. The number of urea groups is 1. The smallest absolute Gasteiger partial charge is 0.322 e. The van der Waals surface area contributed by atoms with Crippen molar-refractivity contribution in [3.8, 4) is 0 Å². The maximum absolute atomic E-state index is 12.0. The number of aliphatic carboxylic acids is 1. The number of nitrogens with zero attached hydrogens (tertiary/aromatic N) is 2. The van der Waals surface area contributed by atoms with Gasteiger partial charge >= 0.3 is 12.0 Å². The molecule has 0 aliphatic carbocycles. The Morgan fingerprint density at radius 3 is 2.75 bits per heavy atom. The summed E-state index contributed by atoms with van der Waals surface area (Å²) < 4.78 is 0. The first kappa shape index (κ1) is 15.7. The Morgan fingerprint density at radius 1 is 1.50 bits per heavy atom. The Labute approximate surface area is 118 Å². The molecule has 1 heterocycles. The second-order valence-electron chi connectivity index (χ2n) is 4.27. The second-order valence-corrected chi connectivity index (χ2v) is 4.27. The van der Waals surface area contributed by atoms with Crippen LogP contribution in [0.3, 0.4) is 0 Å². The van der Waals surface area contributed by atoms with Gasteiger partial charge in [-0.3, -0.25) is 9.78 Å². The van der Waals surface area contributed by atoms with Crippen molar-refractivity contribution in [2.24, 2.45) is 0 Å². The summed E-state index contributed by atoms with van der Waals surface area (Å²) in [6.45, 7) is 6.73. The Morgan fingerprint density at radius 2 is 2.25 bits per heavy atom. The van der Waals surface area contributed by atoms with Gasteiger partial charge in [0, 0.05) is 13.1 Å². The van der Waals surface area contributed by atoms with Gasteiger partial charge in [-0.25, -0.2) is 4.79 Å². The lowest BCUT2D eigenvalue weighted by Crippen LogP contribution is -2.35. The van der Waals surface area contributed by atoms with E-state index < -0.39 is 5.97 Å². The number of carbonyl (C=O) groups is 2. The minimum absolute atomic E-state index is 0.132. The van der Waals surface area contributed by atoms with Crippen molar-refractivity contribution in [2.45, 2.75) is 19.8 Å². The summed E-state index contributed by atoms with van der Waals surface area (Å²) >= 11 is 0. The summed E-state index contributed by atoms with van der Waals surface area (Å²) in [4.78, 5) is 28.2. The van der Waals surface area contributed by atoms with Crippen LogP contribution >= 0.6 is 0 Å². The van der Waals surface area contributed by atoms with E-state index in [9.17, 15) is 9.59 Å². The molecule has 0 bridgehead atoms. The minimum Gasteiger partial charge on any atom is -0.481 e. The molecular weight excluding hydrogens is 258 g/mol. The van der Waals surface area contributed by atoms with E-state index in [0.29, 0.717) is 24.5 Å². The van der Waals surface area contributed by atoms with Crippen LogP contribution in [-0.4, -0.2) is 40.1 Å². The number of carboxylic acids is 1. The lowest BCUT2D eigenvalue weighted by Gasteiger charge is -2.20. The molecule has 1 aromatic rings. The standard InChI is InChI=1S/C14H19N3O3/c1-3-7-17(8-4-2)14(20)16-12-6-5-11(15-10-12)9-13(18)19/h3,5-6,10H,1,4,7-9H2,2H3,(H,16,20)(H,18,19). The maximum Gasteiger partial charge on any atom is 0.322 e. The van der Waals surface area contributed by atoms with Crippen LogP contribution in [0.4, 0.5) is 10.5 Å². The molecule has 2 amide bonds. The number of hydrogen-bond acceptors (Lipinski definition) is 3. The van der Waals surface area contributed by atoms with Crippen LogP contribution in [0.5, 0.6) is 0 Å². The lowest BCUT2D eigenvalue weighted by molar-refractivity contribution is -0.136. The third kappa shape index (κ3) is 5.09. The first-order chi connectivity index (χ1) is 9.56. The zero-order valence-electron chi connectivity index (χ0n) is 11.5. The highest BCUT2D eigenvalue weighted by Gasteiger charge is 2.11. The van der Waals surface area contributed by atoms with Gasteiger partial charge in [0.15, 0.2) is 0 Å². The average Bonchev–Trinajstić information content (AvgIpc) is 2.40. The fraction of sp³-hybridized carbons (Fsp3) is 0.357. The van der Waals surface area contributed by atoms with Gasteiger partial charge in [0.05, 0.1) is 24.0 Å². The largest absolute Gasteiger partial charge is 0.481 e. The van der Waals surface area contributed by atoms with E-state index in [-0.39, 0.29) is 12.5 Å². The van der Waals surface area contributed by atoms with Crippen LogP contribution < -0.4 is 5.32 Å². The molecule has 0 saturated carbocycles. The predicted octanol–water partition coefficient (Wildman–Crippen LogP) is 2.14. The van der Waals surface area contributed by atoms with Gasteiger partial charge in [-0.15, -0.1) is 6.58 Å². The SMILES string of the molecule is C=CCN(CCC)C(=O)Nc1ccc(CC(=O)O)nc1. The van der Waals surface area contributed by atoms with Crippen molar-refractivity contribution in [3.63, 3.8) is 0 Å². The molecule has 0 saturated heterocycles. The normalized spacial score (nSPS) is 9.85.